The molecule has 86 valence electrons. The van der Waals surface area contributed by atoms with E-state index in [0.29, 0.717) is 5.92 Å². The van der Waals surface area contributed by atoms with Gasteiger partial charge in [-0.2, -0.15) is 0 Å². The summed E-state index contributed by atoms with van der Waals surface area (Å²) in [6.45, 7) is 12.0. The van der Waals surface area contributed by atoms with Crippen LogP contribution in [0.4, 0.5) is 0 Å². The van der Waals surface area contributed by atoms with Crippen molar-refractivity contribution in [3.63, 3.8) is 0 Å². The van der Waals surface area contributed by atoms with Crippen molar-refractivity contribution in [3.8, 4) is 0 Å². The van der Waals surface area contributed by atoms with Gasteiger partial charge in [-0.3, -0.25) is 0 Å². The van der Waals surface area contributed by atoms with Gasteiger partial charge >= 0.3 is 0 Å². The van der Waals surface area contributed by atoms with Crippen LogP contribution in [-0.2, 0) is 12.0 Å². The van der Waals surface area contributed by atoms with E-state index < -0.39 is 0 Å². The Labute approximate surface area is 97.1 Å². The zero-order valence-electron chi connectivity index (χ0n) is 10.6. The third-order valence-corrected chi connectivity index (χ3v) is 3.61. The van der Waals surface area contributed by atoms with Gasteiger partial charge < -0.3 is 5.32 Å². The molecule has 1 N–H and O–H groups in total. The molecule has 0 radical (unpaired) electrons. The number of hydrogen-bond acceptors (Lipinski definition) is 3. The average Bonchev–Trinajstić information content (AvgIpc) is 2.48. The minimum Gasteiger partial charge on any atom is -0.315 e. The molecule has 0 aliphatic rings. The molecule has 0 aliphatic heterocycles. The van der Waals surface area contributed by atoms with Crippen LogP contribution in [0, 0.1) is 0 Å². The molecule has 1 heterocycles. The van der Waals surface area contributed by atoms with Crippen molar-refractivity contribution in [2.24, 2.45) is 0 Å². The van der Waals surface area contributed by atoms with Crippen LogP contribution in [0.25, 0.3) is 0 Å². The molecule has 0 saturated heterocycles. The first kappa shape index (κ1) is 12.7. The van der Waals surface area contributed by atoms with Gasteiger partial charge in [-0.05, 0) is 7.05 Å². The summed E-state index contributed by atoms with van der Waals surface area (Å²) in [7, 11) is 1.99. The highest BCUT2D eigenvalue weighted by Gasteiger charge is 2.23. The van der Waals surface area contributed by atoms with Crippen LogP contribution >= 0.6 is 11.3 Å². The maximum absolute atomic E-state index is 4.78. The van der Waals surface area contributed by atoms with Crippen LogP contribution in [0.5, 0.6) is 0 Å². The molecule has 0 fully saturated rings. The van der Waals surface area contributed by atoms with E-state index in [0.717, 1.165) is 6.54 Å². The van der Waals surface area contributed by atoms with Crippen molar-refractivity contribution in [1.29, 1.82) is 0 Å². The lowest BCUT2D eigenvalue weighted by atomic mass is 9.91. The molecule has 15 heavy (non-hydrogen) atoms. The lowest BCUT2D eigenvalue weighted by molar-refractivity contribution is 0.560. The Hall–Kier alpha value is -0.410. The minimum atomic E-state index is 0.149. The van der Waals surface area contributed by atoms with E-state index >= 15 is 0 Å². The first-order chi connectivity index (χ1) is 6.86. The summed E-state index contributed by atoms with van der Waals surface area (Å²) in [6, 6.07) is 0. The Morgan fingerprint density at radius 1 is 1.33 bits per heavy atom. The van der Waals surface area contributed by atoms with E-state index in [9.17, 15) is 0 Å². The molecule has 2 nitrogen and oxygen atoms in total. The zero-order valence-corrected chi connectivity index (χ0v) is 11.5. The molecular formula is C12H22N2S. The number of thiazole rings is 1. The fourth-order valence-electron chi connectivity index (χ4n) is 1.48. The molecule has 1 aromatic heterocycles. The Morgan fingerprint density at radius 3 is 2.33 bits per heavy atom. The minimum absolute atomic E-state index is 0.149. The predicted molar refractivity (Wildman–Crippen MR) is 67.7 cm³/mol. The van der Waals surface area contributed by atoms with Crippen LogP contribution in [0.3, 0.4) is 0 Å². The van der Waals surface area contributed by atoms with Crippen LogP contribution in [0.2, 0.25) is 0 Å². The fraction of sp³-hybridized carbons (Fsp3) is 0.750. The monoisotopic (exact) mass is 226 g/mol. The summed E-state index contributed by atoms with van der Waals surface area (Å²) < 4.78 is 0. The Balaban J connectivity index is 3.12. The van der Waals surface area contributed by atoms with Crippen molar-refractivity contribution in [2.45, 2.75) is 52.5 Å². The maximum Gasteiger partial charge on any atom is 0.0957 e. The van der Waals surface area contributed by atoms with Crippen molar-refractivity contribution >= 4 is 11.3 Å². The van der Waals surface area contributed by atoms with Gasteiger partial charge in [0.2, 0.25) is 0 Å². The van der Waals surface area contributed by atoms with Gasteiger partial charge in [0.15, 0.2) is 0 Å². The normalized spacial score (nSPS) is 12.5. The van der Waals surface area contributed by atoms with Gasteiger partial charge in [-0.1, -0.05) is 34.6 Å². The largest absolute Gasteiger partial charge is 0.315 e. The van der Waals surface area contributed by atoms with Gasteiger partial charge in [-0.25, -0.2) is 4.98 Å². The van der Waals surface area contributed by atoms with Gasteiger partial charge in [0.05, 0.1) is 10.7 Å². The van der Waals surface area contributed by atoms with Crippen molar-refractivity contribution in [2.75, 3.05) is 7.05 Å². The van der Waals surface area contributed by atoms with Crippen LogP contribution in [0.15, 0.2) is 0 Å². The second-order valence-electron chi connectivity index (χ2n) is 5.26. The van der Waals surface area contributed by atoms with Crippen molar-refractivity contribution < 1.29 is 0 Å². The Bertz CT molecular complexity index is 321. The molecule has 0 spiro atoms. The van der Waals surface area contributed by atoms with Crippen LogP contribution < -0.4 is 5.32 Å². The highest BCUT2D eigenvalue weighted by Crippen LogP contribution is 2.32. The molecule has 0 atom stereocenters. The van der Waals surface area contributed by atoms with Crippen LogP contribution in [0.1, 0.15) is 56.1 Å². The maximum atomic E-state index is 4.78. The van der Waals surface area contributed by atoms with Gasteiger partial charge in [-0.15, -0.1) is 11.3 Å². The Kier molecular flexibility index (Phi) is 3.90. The Morgan fingerprint density at radius 2 is 1.93 bits per heavy atom. The molecule has 0 unspecified atom stereocenters. The molecular weight excluding hydrogens is 204 g/mol. The topological polar surface area (TPSA) is 24.9 Å². The summed E-state index contributed by atoms with van der Waals surface area (Å²) >= 11 is 1.85. The summed E-state index contributed by atoms with van der Waals surface area (Å²) in [6.07, 6.45) is 0. The third kappa shape index (κ3) is 3.02. The lowest BCUT2D eigenvalue weighted by Gasteiger charge is -2.17. The molecule has 0 bridgehead atoms. The summed E-state index contributed by atoms with van der Waals surface area (Å²) in [5.41, 5.74) is 1.40. The van der Waals surface area contributed by atoms with Gasteiger partial charge in [0.25, 0.3) is 0 Å². The van der Waals surface area contributed by atoms with Gasteiger partial charge in [0, 0.05) is 22.8 Å². The molecule has 1 rings (SSSR count). The van der Waals surface area contributed by atoms with E-state index in [2.05, 4.69) is 39.9 Å². The van der Waals surface area contributed by atoms with E-state index in [-0.39, 0.29) is 5.41 Å². The first-order valence-corrected chi connectivity index (χ1v) is 6.32. The molecule has 0 aromatic carbocycles. The second-order valence-corrected chi connectivity index (χ2v) is 6.37. The molecule has 1 aromatic rings. The molecule has 0 aliphatic carbocycles. The zero-order chi connectivity index (χ0) is 11.6. The fourth-order valence-corrected chi connectivity index (χ4v) is 2.77. The van der Waals surface area contributed by atoms with E-state index in [1.165, 1.54) is 15.6 Å². The third-order valence-electron chi connectivity index (χ3n) is 2.26. The SMILES string of the molecule is CNCc1sc(C(C)C)nc1C(C)(C)C. The van der Waals surface area contributed by atoms with Crippen molar-refractivity contribution in [1.82, 2.24) is 10.3 Å². The van der Waals surface area contributed by atoms with E-state index in [4.69, 9.17) is 4.98 Å². The smallest absolute Gasteiger partial charge is 0.0957 e. The predicted octanol–water partition coefficient (Wildman–Crippen LogP) is 3.28. The second kappa shape index (κ2) is 4.62. The first-order valence-electron chi connectivity index (χ1n) is 5.51. The van der Waals surface area contributed by atoms with E-state index in [1.54, 1.807) is 0 Å². The highest BCUT2D eigenvalue weighted by atomic mass is 32.1. The van der Waals surface area contributed by atoms with Crippen LogP contribution in [-0.4, -0.2) is 12.0 Å². The summed E-state index contributed by atoms with van der Waals surface area (Å²) in [4.78, 5) is 6.16. The van der Waals surface area contributed by atoms with E-state index in [1.807, 2.05) is 18.4 Å². The molecule has 0 saturated carbocycles. The quantitative estimate of drug-likeness (QED) is 0.855. The molecule has 0 amide bonds. The number of hydrogen-bond donors (Lipinski definition) is 1. The average molecular weight is 226 g/mol. The lowest BCUT2D eigenvalue weighted by Crippen LogP contribution is -2.16. The number of aromatic nitrogens is 1. The molecule has 3 heteroatoms. The summed E-state index contributed by atoms with van der Waals surface area (Å²) in [5.74, 6) is 0.529. The number of nitrogens with one attached hydrogen (secondary N) is 1. The highest BCUT2D eigenvalue weighted by molar-refractivity contribution is 7.11. The standard InChI is InChI=1S/C12H22N2S/c1-8(2)11-14-10(12(3,4)5)9(15-11)7-13-6/h8,13H,7H2,1-6H3. The summed E-state index contributed by atoms with van der Waals surface area (Å²) in [5, 5.41) is 4.47. The van der Waals surface area contributed by atoms with Gasteiger partial charge in [0.1, 0.15) is 0 Å². The number of rotatable bonds is 3. The van der Waals surface area contributed by atoms with Crippen molar-refractivity contribution in [3.05, 3.63) is 15.6 Å². The number of nitrogens with zero attached hydrogens (tertiary/aromatic N) is 1.